The van der Waals surface area contributed by atoms with Crippen LogP contribution in [-0.4, -0.2) is 71.1 Å². The molecule has 6 nitrogen and oxygen atoms in total. The molecular formula is C18H33N3O3. The SMILES string of the molecule is CC(=O)NC1CCN(CC2(O)CCCN(C(=O)C(C)C)CC2)CC1. The maximum absolute atomic E-state index is 12.2. The number of nitrogens with zero attached hydrogens (tertiary/aromatic N) is 2. The van der Waals surface area contributed by atoms with E-state index in [0.717, 1.165) is 45.3 Å². The highest BCUT2D eigenvalue weighted by molar-refractivity contribution is 5.78. The quantitative estimate of drug-likeness (QED) is 0.801. The average Bonchev–Trinajstić information content (AvgIpc) is 2.70. The molecule has 0 spiro atoms. The van der Waals surface area contributed by atoms with E-state index in [1.165, 1.54) is 0 Å². The van der Waals surface area contributed by atoms with Crippen molar-refractivity contribution in [3.63, 3.8) is 0 Å². The van der Waals surface area contributed by atoms with Gasteiger partial charge in [0.1, 0.15) is 0 Å². The van der Waals surface area contributed by atoms with Crippen molar-refractivity contribution in [2.75, 3.05) is 32.7 Å². The highest BCUT2D eigenvalue weighted by atomic mass is 16.3. The molecule has 0 aromatic carbocycles. The summed E-state index contributed by atoms with van der Waals surface area (Å²) in [6.45, 7) is 9.30. The first kappa shape index (κ1) is 19.2. The lowest BCUT2D eigenvalue weighted by molar-refractivity contribution is -0.134. The molecule has 0 bridgehead atoms. The van der Waals surface area contributed by atoms with Gasteiger partial charge >= 0.3 is 0 Å². The number of amides is 2. The van der Waals surface area contributed by atoms with E-state index in [0.29, 0.717) is 19.5 Å². The maximum Gasteiger partial charge on any atom is 0.225 e. The number of carbonyl (C=O) groups excluding carboxylic acids is 2. The zero-order chi connectivity index (χ0) is 17.7. The summed E-state index contributed by atoms with van der Waals surface area (Å²) in [5.41, 5.74) is -0.702. The first-order valence-electron chi connectivity index (χ1n) is 9.30. The average molecular weight is 339 g/mol. The third-order valence-corrected chi connectivity index (χ3v) is 5.24. The van der Waals surface area contributed by atoms with E-state index in [9.17, 15) is 14.7 Å². The normalized spacial score (nSPS) is 27.1. The van der Waals surface area contributed by atoms with Gasteiger partial charge in [-0.15, -0.1) is 0 Å². The second-order valence-corrected chi connectivity index (χ2v) is 7.81. The van der Waals surface area contributed by atoms with Crippen molar-refractivity contribution >= 4 is 11.8 Å². The summed E-state index contributed by atoms with van der Waals surface area (Å²) in [5.74, 6) is 0.241. The number of β-amino-alcohol motifs (C(OH)–C–C–N with tert-alkyl or cyclic N) is 1. The van der Waals surface area contributed by atoms with Crippen LogP contribution in [0.25, 0.3) is 0 Å². The minimum Gasteiger partial charge on any atom is -0.388 e. The first-order chi connectivity index (χ1) is 11.3. The predicted octanol–water partition coefficient (Wildman–Crippen LogP) is 0.987. The third-order valence-electron chi connectivity index (χ3n) is 5.24. The Balaban J connectivity index is 1.82. The van der Waals surface area contributed by atoms with Gasteiger partial charge in [0, 0.05) is 51.6 Å². The van der Waals surface area contributed by atoms with Gasteiger partial charge in [0.15, 0.2) is 0 Å². The van der Waals surface area contributed by atoms with Crippen molar-refractivity contribution in [3.8, 4) is 0 Å². The Labute approximate surface area is 145 Å². The molecule has 2 aliphatic heterocycles. The number of nitrogens with one attached hydrogen (secondary N) is 1. The fraction of sp³-hybridized carbons (Fsp3) is 0.889. The second kappa shape index (κ2) is 8.30. The highest BCUT2D eigenvalue weighted by Crippen LogP contribution is 2.25. The molecule has 0 aliphatic carbocycles. The molecular weight excluding hydrogens is 306 g/mol. The van der Waals surface area contributed by atoms with Crippen LogP contribution in [0.15, 0.2) is 0 Å². The van der Waals surface area contributed by atoms with Gasteiger partial charge in [0.05, 0.1) is 5.60 Å². The van der Waals surface area contributed by atoms with E-state index in [2.05, 4.69) is 10.2 Å². The molecule has 0 saturated carbocycles. The van der Waals surface area contributed by atoms with E-state index in [1.54, 1.807) is 6.92 Å². The molecule has 24 heavy (non-hydrogen) atoms. The molecule has 6 heteroatoms. The van der Waals surface area contributed by atoms with Gasteiger partial charge in [-0.3, -0.25) is 9.59 Å². The van der Waals surface area contributed by atoms with Crippen LogP contribution in [0.3, 0.4) is 0 Å². The van der Waals surface area contributed by atoms with E-state index in [-0.39, 0.29) is 23.8 Å². The number of piperidine rings is 1. The number of aliphatic hydroxyl groups is 1. The van der Waals surface area contributed by atoms with E-state index in [4.69, 9.17) is 0 Å². The molecule has 0 aromatic heterocycles. The number of likely N-dealkylation sites (tertiary alicyclic amines) is 2. The molecule has 2 rings (SSSR count). The van der Waals surface area contributed by atoms with Crippen molar-refractivity contribution < 1.29 is 14.7 Å². The summed E-state index contributed by atoms with van der Waals surface area (Å²) in [7, 11) is 0. The van der Waals surface area contributed by atoms with Crippen LogP contribution in [0.1, 0.15) is 52.9 Å². The number of carbonyl (C=O) groups is 2. The van der Waals surface area contributed by atoms with Gasteiger partial charge in [-0.1, -0.05) is 13.8 Å². The first-order valence-corrected chi connectivity index (χ1v) is 9.30. The molecule has 1 unspecified atom stereocenters. The van der Waals surface area contributed by atoms with Crippen LogP contribution in [0.2, 0.25) is 0 Å². The Kier molecular flexibility index (Phi) is 6.63. The Bertz CT molecular complexity index is 447. The van der Waals surface area contributed by atoms with Crippen LogP contribution >= 0.6 is 0 Å². The standard InChI is InChI=1S/C18H33N3O3/c1-14(2)17(23)21-9-4-7-18(24,8-12-21)13-20-10-5-16(6-11-20)19-15(3)22/h14,16,24H,4-13H2,1-3H3,(H,19,22). The topological polar surface area (TPSA) is 72.9 Å². The van der Waals surface area contributed by atoms with Crippen molar-refractivity contribution in [1.82, 2.24) is 15.1 Å². The number of hydrogen-bond acceptors (Lipinski definition) is 4. The van der Waals surface area contributed by atoms with Gasteiger partial charge < -0.3 is 20.2 Å². The van der Waals surface area contributed by atoms with Crippen LogP contribution in [0.4, 0.5) is 0 Å². The summed E-state index contributed by atoms with van der Waals surface area (Å²) in [5, 5.41) is 14.0. The van der Waals surface area contributed by atoms with E-state index >= 15 is 0 Å². The minimum absolute atomic E-state index is 0.0176. The lowest BCUT2D eigenvalue weighted by Gasteiger charge is -2.38. The highest BCUT2D eigenvalue weighted by Gasteiger charge is 2.34. The van der Waals surface area contributed by atoms with Gasteiger partial charge in [0.25, 0.3) is 0 Å². The Morgan fingerprint density at radius 2 is 1.83 bits per heavy atom. The summed E-state index contributed by atoms with van der Waals surface area (Å²) >= 11 is 0. The fourth-order valence-corrected chi connectivity index (χ4v) is 3.86. The molecule has 2 amide bonds. The van der Waals surface area contributed by atoms with Gasteiger partial charge in [-0.2, -0.15) is 0 Å². The molecule has 2 aliphatic rings. The van der Waals surface area contributed by atoms with E-state index in [1.807, 2.05) is 18.7 Å². The van der Waals surface area contributed by atoms with Gasteiger partial charge in [-0.25, -0.2) is 0 Å². The van der Waals surface area contributed by atoms with Crippen LogP contribution in [0, 0.1) is 5.92 Å². The molecule has 1 atom stereocenters. The van der Waals surface area contributed by atoms with Crippen molar-refractivity contribution in [3.05, 3.63) is 0 Å². The molecule has 0 radical (unpaired) electrons. The molecule has 2 N–H and O–H groups in total. The zero-order valence-corrected chi connectivity index (χ0v) is 15.4. The lowest BCUT2D eigenvalue weighted by atomic mass is 9.93. The molecule has 0 aromatic rings. The van der Waals surface area contributed by atoms with Crippen molar-refractivity contribution in [1.29, 1.82) is 0 Å². The van der Waals surface area contributed by atoms with Crippen LogP contribution < -0.4 is 5.32 Å². The summed E-state index contributed by atoms with van der Waals surface area (Å²) in [6, 6.07) is 0.265. The Morgan fingerprint density at radius 3 is 2.42 bits per heavy atom. The summed E-state index contributed by atoms with van der Waals surface area (Å²) < 4.78 is 0. The van der Waals surface area contributed by atoms with Gasteiger partial charge in [0.2, 0.25) is 11.8 Å². The van der Waals surface area contributed by atoms with Crippen LogP contribution in [0.5, 0.6) is 0 Å². The number of rotatable bonds is 4. The number of hydrogen-bond donors (Lipinski definition) is 2. The third kappa shape index (κ3) is 5.45. The van der Waals surface area contributed by atoms with Crippen molar-refractivity contribution in [2.45, 2.75) is 64.5 Å². The Hall–Kier alpha value is -1.14. The fourth-order valence-electron chi connectivity index (χ4n) is 3.86. The monoisotopic (exact) mass is 339 g/mol. The summed E-state index contributed by atoms with van der Waals surface area (Å²) in [4.78, 5) is 27.5. The molecule has 2 saturated heterocycles. The van der Waals surface area contributed by atoms with E-state index < -0.39 is 5.60 Å². The van der Waals surface area contributed by atoms with Gasteiger partial charge in [-0.05, 0) is 32.1 Å². The Morgan fingerprint density at radius 1 is 1.17 bits per heavy atom. The second-order valence-electron chi connectivity index (χ2n) is 7.81. The summed E-state index contributed by atoms with van der Waals surface area (Å²) in [6.07, 6.45) is 4.14. The van der Waals surface area contributed by atoms with Crippen molar-refractivity contribution in [2.24, 2.45) is 5.92 Å². The molecule has 138 valence electrons. The lowest BCUT2D eigenvalue weighted by Crippen LogP contribution is -2.50. The maximum atomic E-state index is 12.2. The smallest absolute Gasteiger partial charge is 0.225 e. The minimum atomic E-state index is -0.702. The molecule has 2 fully saturated rings. The largest absolute Gasteiger partial charge is 0.388 e. The predicted molar refractivity (Wildman–Crippen MR) is 93.5 cm³/mol. The molecule has 2 heterocycles. The zero-order valence-electron chi connectivity index (χ0n) is 15.4. The van der Waals surface area contributed by atoms with Crippen LogP contribution in [-0.2, 0) is 9.59 Å².